The third-order valence-corrected chi connectivity index (χ3v) is 1.71. The SMILES string of the molecule is COC[C@@H]1NCC(C)NC1=O. The van der Waals surface area contributed by atoms with Crippen LogP contribution in [0.5, 0.6) is 0 Å². The summed E-state index contributed by atoms with van der Waals surface area (Å²) < 4.78 is 4.86. The van der Waals surface area contributed by atoms with Gasteiger partial charge >= 0.3 is 0 Å². The van der Waals surface area contributed by atoms with Crippen molar-refractivity contribution in [2.45, 2.75) is 19.0 Å². The topological polar surface area (TPSA) is 50.4 Å². The average molecular weight is 158 g/mol. The summed E-state index contributed by atoms with van der Waals surface area (Å²) in [6.07, 6.45) is 0. The van der Waals surface area contributed by atoms with Crippen LogP contribution < -0.4 is 10.6 Å². The van der Waals surface area contributed by atoms with Gasteiger partial charge in [-0.05, 0) is 6.92 Å². The van der Waals surface area contributed by atoms with E-state index in [0.29, 0.717) is 6.61 Å². The number of nitrogens with one attached hydrogen (secondary N) is 2. The van der Waals surface area contributed by atoms with E-state index in [4.69, 9.17) is 4.74 Å². The second-order valence-corrected chi connectivity index (χ2v) is 2.83. The molecule has 1 aliphatic heterocycles. The largest absolute Gasteiger partial charge is 0.383 e. The molecule has 1 amide bonds. The van der Waals surface area contributed by atoms with E-state index in [2.05, 4.69) is 10.6 Å². The molecule has 0 aliphatic carbocycles. The molecule has 1 heterocycles. The molecule has 0 spiro atoms. The Kier molecular flexibility index (Phi) is 2.84. The molecule has 4 heteroatoms. The van der Waals surface area contributed by atoms with E-state index in [1.54, 1.807) is 7.11 Å². The van der Waals surface area contributed by atoms with Gasteiger partial charge in [-0.2, -0.15) is 0 Å². The van der Waals surface area contributed by atoms with Gasteiger partial charge < -0.3 is 15.4 Å². The summed E-state index contributed by atoms with van der Waals surface area (Å²) in [7, 11) is 1.59. The molecule has 0 bridgehead atoms. The fourth-order valence-electron chi connectivity index (χ4n) is 1.11. The summed E-state index contributed by atoms with van der Waals surface area (Å²) in [6.45, 7) is 3.23. The fraction of sp³-hybridized carbons (Fsp3) is 0.857. The second kappa shape index (κ2) is 3.69. The first-order valence-corrected chi connectivity index (χ1v) is 3.76. The van der Waals surface area contributed by atoms with Gasteiger partial charge in [0, 0.05) is 19.7 Å². The van der Waals surface area contributed by atoms with Crippen molar-refractivity contribution >= 4 is 5.91 Å². The van der Waals surface area contributed by atoms with E-state index < -0.39 is 0 Å². The van der Waals surface area contributed by atoms with Crippen molar-refractivity contribution < 1.29 is 9.53 Å². The molecule has 1 aliphatic rings. The van der Waals surface area contributed by atoms with E-state index in [1.807, 2.05) is 6.92 Å². The molecule has 2 N–H and O–H groups in total. The Morgan fingerprint density at radius 1 is 1.73 bits per heavy atom. The normalized spacial score (nSPS) is 31.6. The minimum atomic E-state index is -0.170. The molecule has 0 aromatic rings. The van der Waals surface area contributed by atoms with Crippen LogP contribution in [0.1, 0.15) is 6.92 Å². The number of ether oxygens (including phenoxy) is 1. The number of rotatable bonds is 2. The van der Waals surface area contributed by atoms with Gasteiger partial charge in [0.1, 0.15) is 6.04 Å². The molecule has 64 valence electrons. The zero-order valence-corrected chi connectivity index (χ0v) is 6.89. The molecule has 4 nitrogen and oxygen atoms in total. The summed E-state index contributed by atoms with van der Waals surface area (Å²) in [5.41, 5.74) is 0. The first-order valence-electron chi connectivity index (χ1n) is 3.76. The number of carbonyl (C=O) groups is 1. The second-order valence-electron chi connectivity index (χ2n) is 2.83. The lowest BCUT2D eigenvalue weighted by atomic mass is 10.2. The lowest BCUT2D eigenvalue weighted by molar-refractivity contribution is -0.126. The van der Waals surface area contributed by atoms with E-state index >= 15 is 0 Å². The molecule has 1 unspecified atom stereocenters. The first kappa shape index (κ1) is 8.49. The molecule has 1 fully saturated rings. The van der Waals surface area contributed by atoms with Crippen LogP contribution in [0.2, 0.25) is 0 Å². The highest BCUT2D eigenvalue weighted by atomic mass is 16.5. The highest BCUT2D eigenvalue weighted by Gasteiger charge is 2.24. The number of methoxy groups -OCH3 is 1. The van der Waals surface area contributed by atoms with E-state index in [-0.39, 0.29) is 18.0 Å². The predicted octanol–water partition coefficient (Wildman–Crippen LogP) is -0.891. The summed E-state index contributed by atoms with van der Waals surface area (Å²) in [4.78, 5) is 11.1. The molecule has 1 rings (SSSR count). The molecule has 1 saturated heterocycles. The van der Waals surface area contributed by atoms with Crippen molar-refractivity contribution in [3.8, 4) is 0 Å². The van der Waals surface area contributed by atoms with Crippen LogP contribution in [-0.2, 0) is 9.53 Å². The van der Waals surface area contributed by atoms with Crippen LogP contribution in [0, 0.1) is 0 Å². The summed E-state index contributed by atoms with van der Waals surface area (Å²) in [5.74, 6) is 0.0330. The number of hydrogen-bond donors (Lipinski definition) is 2. The van der Waals surface area contributed by atoms with Gasteiger partial charge in [0.15, 0.2) is 0 Å². The van der Waals surface area contributed by atoms with Gasteiger partial charge in [0.05, 0.1) is 6.61 Å². The Balaban J connectivity index is 2.38. The standard InChI is InChI=1S/C7H14N2O2/c1-5-3-8-6(4-11-2)7(10)9-5/h5-6,8H,3-4H2,1-2H3,(H,9,10)/t5?,6-/m0/s1. The zero-order chi connectivity index (χ0) is 8.27. The van der Waals surface area contributed by atoms with E-state index in [1.165, 1.54) is 0 Å². The maximum atomic E-state index is 11.1. The van der Waals surface area contributed by atoms with Crippen LogP contribution in [0.4, 0.5) is 0 Å². The highest BCUT2D eigenvalue weighted by molar-refractivity contribution is 5.82. The molecular formula is C7H14N2O2. The van der Waals surface area contributed by atoms with Crippen LogP contribution >= 0.6 is 0 Å². The monoisotopic (exact) mass is 158 g/mol. The van der Waals surface area contributed by atoms with Gasteiger partial charge in [-0.25, -0.2) is 0 Å². The van der Waals surface area contributed by atoms with E-state index in [0.717, 1.165) is 6.54 Å². The van der Waals surface area contributed by atoms with Crippen LogP contribution in [0.15, 0.2) is 0 Å². The highest BCUT2D eigenvalue weighted by Crippen LogP contribution is 1.94. The summed E-state index contributed by atoms with van der Waals surface area (Å²) in [5, 5.41) is 5.92. The molecule has 0 aromatic carbocycles. The zero-order valence-electron chi connectivity index (χ0n) is 6.89. The molecule has 0 aromatic heterocycles. The smallest absolute Gasteiger partial charge is 0.239 e. The number of carbonyl (C=O) groups excluding carboxylic acids is 1. The van der Waals surface area contributed by atoms with Crippen LogP contribution in [-0.4, -0.2) is 38.3 Å². The predicted molar refractivity (Wildman–Crippen MR) is 41.3 cm³/mol. The van der Waals surface area contributed by atoms with E-state index in [9.17, 15) is 4.79 Å². The molecular weight excluding hydrogens is 144 g/mol. The number of amides is 1. The van der Waals surface area contributed by atoms with Crippen LogP contribution in [0.25, 0.3) is 0 Å². The Morgan fingerprint density at radius 3 is 3.00 bits per heavy atom. The van der Waals surface area contributed by atoms with Gasteiger partial charge in [-0.15, -0.1) is 0 Å². The third kappa shape index (κ3) is 2.17. The average Bonchev–Trinajstić information content (AvgIpc) is 1.95. The number of piperazine rings is 1. The molecule has 0 radical (unpaired) electrons. The number of hydrogen-bond acceptors (Lipinski definition) is 3. The van der Waals surface area contributed by atoms with Crippen molar-refractivity contribution in [3.63, 3.8) is 0 Å². The first-order chi connectivity index (χ1) is 5.24. The summed E-state index contributed by atoms with van der Waals surface area (Å²) in [6, 6.07) is 0.0619. The Morgan fingerprint density at radius 2 is 2.45 bits per heavy atom. The maximum Gasteiger partial charge on any atom is 0.239 e. The van der Waals surface area contributed by atoms with Crippen LogP contribution in [0.3, 0.4) is 0 Å². The van der Waals surface area contributed by atoms with Crippen molar-refractivity contribution in [1.82, 2.24) is 10.6 Å². The van der Waals surface area contributed by atoms with Crippen molar-refractivity contribution in [1.29, 1.82) is 0 Å². The van der Waals surface area contributed by atoms with Gasteiger partial charge in [0.2, 0.25) is 5.91 Å². The van der Waals surface area contributed by atoms with Crippen molar-refractivity contribution in [2.75, 3.05) is 20.3 Å². The van der Waals surface area contributed by atoms with Crippen molar-refractivity contribution in [2.24, 2.45) is 0 Å². The third-order valence-electron chi connectivity index (χ3n) is 1.71. The molecule has 0 saturated carbocycles. The Hall–Kier alpha value is -0.610. The van der Waals surface area contributed by atoms with Crippen molar-refractivity contribution in [3.05, 3.63) is 0 Å². The summed E-state index contributed by atoms with van der Waals surface area (Å²) >= 11 is 0. The van der Waals surface area contributed by atoms with Gasteiger partial charge in [-0.1, -0.05) is 0 Å². The lowest BCUT2D eigenvalue weighted by Gasteiger charge is -2.27. The minimum Gasteiger partial charge on any atom is -0.383 e. The minimum absolute atomic E-state index is 0.0330. The molecule has 11 heavy (non-hydrogen) atoms. The van der Waals surface area contributed by atoms with Gasteiger partial charge in [0.25, 0.3) is 0 Å². The Bertz CT molecular complexity index is 149. The van der Waals surface area contributed by atoms with Gasteiger partial charge in [-0.3, -0.25) is 4.79 Å². The molecule has 2 atom stereocenters. The quantitative estimate of drug-likeness (QED) is 0.548. The fourth-order valence-corrected chi connectivity index (χ4v) is 1.11. The maximum absolute atomic E-state index is 11.1. The Labute approximate surface area is 66.3 Å². The lowest BCUT2D eigenvalue weighted by Crippen LogP contribution is -2.58.